The molecule has 0 spiro atoms. The van der Waals surface area contributed by atoms with Crippen LogP contribution in [-0.2, 0) is 11.3 Å². The molecule has 1 aliphatic heterocycles. The fourth-order valence-electron chi connectivity index (χ4n) is 3.38. The Morgan fingerprint density at radius 1 is 1.12 bits per heavy atom. The van der Waals surface area contributed by atoms with Gasteiger partial charge < -0.3 is 9.64 Å². The largest absolute Gasteiger partial charge is 0.445 e. The maximum Gasteiger partial charge on any atom is 0.410 e. The van der Waals surface area contributed by atoms with E-state index in [-0.39, 0.29) is 24.7 Å². The van der Waals surface area contributed by atoms with E-state index >= 15 is 0 Å². The number of nitriles is 1. The molecular formula is C21H22N2O2. The van der Waals surface area contributed by atoms with E-state index in [2.05, 4.69) is 6.07 Å². The van der Waals surface area contributed by atoms with Gasteiger partial charge >= 0.3 is 6.09 Å². The van der Waals surface area contributed by atoms with Crippen LogP contribution in [-0.4, -0.2) is 23.6 Å². The van der Waals surface area contributed by atoms with Gasteiger partial charge in [0.1, 0.15) is 6.61 Å². The zero-order valence-electron chi connectivity index (χ0n) is 14.2. The zero-order chi connectivity index (χ0) is 17.5. The van der Waals surface area contributed by atoms with E-state index in [1.807, 2.05) is 60.7 Å². The molecular weight excluding hydrogens is 312 g/mol. The van der Waals surface area contributed by atoms with Crippen molar-refractivity contribution in [3.8, 4) is 6.07 Å². The molecule has 2 atom stereocenters. The van der Waals surface area contributed by atoms with Crippen LogP contribution in [0, 0.1) is 11.3 Å². The molecule has 128 valence electrons. The second-order valence-corrected chi connectivity index (χ2v) is 6.31. The minimum Gasteiger partial charge on any atom is -0.445 e. The highest BCUT2D eigenvalue weighted by Gasteiger charge is 2.34. The molecule has 0 radical (unpaired) electrons. The van der Waals surface area contributed by atoms with E-state index in [0.29, 0.717) is 6.54 Å². The Kier molecular flexibility index (Phi) is 5.69. The number of carbonyl (C=O) groups excluding carboxylic acids is 1. The maximum atomic E-state index is 12.6. The second kappa shape index (κ2) is 8.34. The molecule has 4 heteroatoms. The number of nitrogens with zero attached hydrogens (tertiary/aromatic N) is 2. The van der Waals surface area contributed by atoms with E-state index in [0.717, 1.165) is 30.4 Å². The number of carbonyl (C=O) groups is 1. The molecule has 2 unspecified atom stereocenters. The summed E-state index contributed by atoms with van der Waals surface area (Å²) in [7, 11) is 0. The average molecular weight is 334 g/mol. The third kappa shape index (κ3) is 4.19. The number of ether oxygens (including phenoxy) is 1. The quantitative estimate of drug-likeness (QED) is 0.828. The first-order chi connectivity index (χ1) is 12.3. The van der Waals surface area contributed by atoms with Gasteiger partial charge in [-0.05, 0) is 30.4 Å². The van der Waals surface area contributed by atoms with Gasteiger partial charge in [-0.25, -0.2) is 4.79 Å². The second-order valence-electron chi connectivity index (χ2n) is 6.31. The van der Waals surface area contributed by atoms with Crippen molar-refractivity contribution >= 4 is 6.09 Å². The third-order valence-corrected chi connectivity index (χ3v) is 4.67. The van der Waals surface area contributed by atoms with Crippen LogP contribution in [0.15, 0.2) is 60.7 Å². The molecule has 1 saturated heterocycles. The molecule has 0 bridgehead atoms. The van der Waals surface area contributed by atoms with Gasteiger partial charge in [-0.1, -0.05) is 60.7 Å². The summed E-state index contributed by atoms with van der Waals surface area (Å²) in [5, 5.41) is 9.71. The fourth-order valence-corrected chi connectivity index (χ4v) is 3.38. The molecule has 0 saturated carbocycles. The summed E-state index contributed by atoms with van der Waals surface area (Å²) in [6, 6.07) is 21.6. The van der Waals surface area contributed by atoms with Crippen LogP contribution < -0.4 is 0 Å². The minimum absolute atomic E-state index is 0.135. The van der Waals surface area contributed by atoms with E-state index in [1.54, 1.807) is 4.90 Å². The van der Waals surface area contributed by atoms with Crippen molar-refractivity contribution in [2.45, 2.75) is 37.8 Å². The monoisotopic (exact) mass is 334 g/mol. The van der Waals surface area contributed by atoms with Crippen molar-refractivity contribution in [2.24, 2.45) is 0 Å². The first-order valence-corrected chi connectivity index (χ1v) is 8.71. The smallest absolute Gasteiger partial charge is 0.410 e. The lowest BCUT2D eigenvalue weighted by molar-refractivity contribution is 0.0652. The van der Waals surface area contributed by atoms with Gasteiger partial charge in [0.25, 0.3) is 0 Å². The summed E-state index contributed by atoms with van der Waals surface area (Å²) in [6.07, 6.45) is 2.47. The van der Waals surface area contributed by atoms with Gasteiger partial charge in [-0.2, -0.15) is 5.26 Å². The highest BCUT2D eigenvalue weighted by molar-refractivity contribution is 5.68. The van der Waals surface area contributed by atoms with Crippen LogP contribution in [0.5, 0.6) is 0 Å². The van der Waals surface area contributed by atoms with E-state index in [9.17, 15) is 10.1 Å². The Balaban J connectivity index is 1.71. The molecule has 4 nitrogen and oxygen atoms in total. The molecule has 0 aliphatic carbocycles. The van der Waals surface area contributed by atoms with Gasteiger partial charge in [0.2, 0.25) is 0 Å². The summed E-state index contributed by atoms with van der Waals surface area (Å²) < 4.78 is 5.51. The number of likely N-dealkylation sites (tertiary alicyclic amines) is 1. The van der Waals surface area contributed by atoms with Gasteiger partial charge in [0.05, 0.1) is 18.0 Å². The molecule has 1 heterocycles. The Hall–Kier alpha value is -2.80. The fraction of sp³-hybridized carbons (Fsp3) is 0.333. The van der Waals surface area contributed by atoms with Crippen LogP contribution in [0.2, 0.25) is 0 Å². The Morgan fingerprint density at radius 3 is 2.48 bits per heavy atom. The highest BCUT2D eigenvalue weighted by Crippen LogP contribution is 2.30. The van der Waals surface area contributed by atoms with Crippen LogP contribution in [0.3, 0.4) is 0 Å². The summed E-state index contributed by atoms with van der Waals surface area (Å²) in [4.78, 5) is 14.4. The lowest BCUT2D eigenvalue weighted by atomic mass is 9.86. The minimum atomic E-state index is -0.329. The Morgan fingerprint density at radius 2 is 1.80 bits per heavy atom. The average Bonchev–Trinajstić information content (AvgIpc) is 2.69. The van der Waals surface area contributed by atoms with Gasteiger partial charge in [0, 0.05) is 6.54 Å². The summed E-state index contributed by atoms with van der Waals surface area (Å²) in [6.45, 7) is 0.898. The molecule has 1 amide bonds. The number of benzene rings is 2. The lowest BCUT2D eigenvalue weighted by Crippen LogP contribution is -2.46. The Labute approximate surface area is 148 Å². The molecule has 2 aromatic carbocycles. The SMILES string of the molecule is N#CC(c1ccccc1)C1CCCCN1C(=O)OCc1ccccc1. The molecule has 1 fully saturated rings. The number of hydrogen-bond donors (Lipinski definition) is 0. The summed E-state index contributed by atoms with van der Waals surface area (Å²) in [5.41, 5.74) is 1.92. The lowest BCUT2D eigenvalue weighted by Gasteiger charge is -2.37. The van der Waals surface area contributed by atoms with Gasteiger partial charge in [-0.15, -0.1) is 0 Å². The predicted molar refractivity (Wildman–Crippen MR) is 95.8 cm³/mol. The van der Waals surface area contributed by atoms with E-state index in [1.165, 1.54) is 0 Å². The first kappa shape index (κ1) is 17.0. The van der Waals surface area contributed by atoms with Crippen molar-refractivity contribution in [2.75, 3.05) is 6.54 Å². The maximum absolute atomic E-state index is 12.6. The Bertz CT molecular complexity index is 725. The van der Waals surface area contributed by atoms with Crippen molar-refractivity contribution in [1.29, 1.82) is 5.26 Å². The molecule has 1 aliphatic rings. The first-order valence-electron chi connectivity index (χ1n) is 8.71. The summed E-state index contributed by atoms with van der Waals surface area (Å²) in [5.74, 6) is -0.328. The number of piperidine rings is 1. The molecule has 0 aromatic heterocycles. The van der Waals surface area contributed by atoms with Crippen molar-refractivity contribution in [3.05, 3.63) is 71.8 Å². The van der Waals surface area contributed by atoms with Crippen molar-refractivity contribution in [3.63, 3.8) is 0 Å². The van der Waals surface area contributed by atoms with Crippen molar-refractivity contribution in [1.82, 2.24) is 4.90 Å². The number of rotatable bonds is 4. The van der Waals surface area contributed by atoms with Crippen LogP contribution in [0.1, 0.15) is 36.3 Å². The number of amides is 1. The molecule has 3 rings (SSSR count). The predicted octanol–water partition coefficient (Wildman–Crippen LogP) is 4.49. The topological polar surface area (TPSA) is 53.3 Å². The standard InChI is InChI=1S/C21H22N2O2/c22-15-19(18-11-5-2-6-12-18)20-13-7-8-14-23(20)21(24)25-16-17-9-3-1-4-10-17/h1-6,9-12,19-20H,7-8,13-14,16H2. The number of hydrogen-bond acceptors (Lipinski definition) is 3. The van der Waals surface area contributed by atoms with Crippen molar-refractivity contribution < 1.29 is 9.53 Å². The third-order valence-electron chi connectivity index (χ3n) is 4.67. The normalized spacial score (nSPS) is 18.2. The van der Waals surface area contributed by atoms with Gasteiger partial charge in [-0.3, -0.25) is 0 Å². The molecule has 2 aromatic rings. The van der Waals surface area contributed by atoms with Crippen LogP contribution >= 0.6 is 0 Å². The van der Waals surface area contributed by atoms with Gasteiger partial charge in [0.15, 0.2) is 0 Å². The molecule has 25 heavy (non-hydrogen) atoms. The highest BCUT2D eigenvalue weighted by atomic mass is 16.6. The van der Waals surface area contributed by atoms with Crippen LogP contribution in [0.4, 0.5) is 4.79 Å². The zero-order valence-corrected chi connectivity index (χ0v) is 14.2. The molecule has 0 N–H and O–H groups in total. The summed E-state index contributed by atoms with van der Waals surface area (Å²) >= 11 is 0. The van der Waals surface area contributed by atoms with E-state index in [4.69, 9.17) is 4.74 Å². The van der Waals surface area contributed by atoms with Crippen LogP contribution in [0.25, 0.3) is 0 Å². The van der Waals surface area contributed by atoms with E-state index < -0.39 is 0 Å².